The van der Waals surface area contributed by atoms with Gasteiger partial charge in [0.15, 0.2) is 0 Å². The van der Waals surface area contributed by atoms with Crippen molar-refractivity contribution in [1.29, 1.82) is 0 Å². The van der Waals surface area contributed by atoms with Gasteiger partial charge in [0, 0.05) is 0 Å². The molecule has 0 heteroatoms. The second-order valence-electron chi connectivity index (χ2n) is 8.39. The second kappa shape index (κ2) is 4.25. The van der Waals surface area contributed by atoms with Crippen LogP contribution in [0.1, 0.15) is 77.6 Å². The first-order chi connectivity index (χ1) is 8.76. The van der Waals surface area contributed by atoms with Crippen molar-refractivity contribution in [3.8, 4) is 0 Å². The lowest BCUT2D eigenvalue weighted by atomic mass is 9.69. The van der Waals surface area contributed by atoms with Gasteiger partial charge >= 0.3 is 0 Å². The molecule has 0 aromatic carbocycles. The fourth-order valence-electron chi connectivity index (χ4n) is 6.79. The van der Waals surface area contributed by atoms with Crippen LogP contribution in [0, 0.1) is 35.0 Å². The normalized spacial score (nSPS) is 54.8. The molecule has 4 saturated carbocycles. The van der Waals surface area contributed by atoms with Crippen LogP contribution in [0.15, 0.2) is 0 Å². The average Bonchev–Trinajstić information content (AvgIpc) is 3.06. The number of fused-ring (bicyclic) bond motifs is 2. The lowest BCUT2D eigenvalue weighted by Crippen LogP contribution is -2.27. The van der Waals surface area contributed by atoms with Crippen LogP contribution in [0.4, 0.5) is 0 Å². The van der Waals surface area contributed by atoms with Crippen LogP contribution in [-0.4, -0.2) is 0 Å². The summed E-state index contributed by atoms with van der Waals surface area (Å²) in [7, 11) is 0. The summed E-state index contributed by atoms with van der Waals surface area (Å²) in [5.74, 6) is 5.69. The van der Waals surface area contributed by atoms with E-state index in [9.17, 15) is 0 Å². The lowest BCUT2D eigenvalue weighted by Gasteiger charge is -2.35. The van der Waals surface area contributed by atoms with Crippen molar-refractivity contribution in [3.05, 3.63) is 0 Å². The molecule has 6 atom stereocenters. The van der Waals surface area contributed by atoms with Gasteiger partial charge in [-0.05, 0) is 80.0 Å². The minimum absolute atomic E-state index is 0.753. The summed E-state index contributed by atoms with van der Waals surface area (Å²) < 4.78 is 0. The van der Waals surface area contributed by atoms with Crippen molar-refractivity contribution in [2.45, 2.75) is 77.6 Å². The van der Waals surface area contributed by atoms with Gasteiger partial charge in [-0.3, -0.25) is 0 Å². The van der Waals surface area contributed by atoms with Gasteiger partial charge in [0.1, 0.15) is 0 Å². The van der Waals surface area contributed by atoms with Gasteiger partial charge < -0.3 is 0 Å². The van der Waals surface area contributed by atoms with E-state index in [0.717, 1.165) is 35.0 Å². The molecule has 0 aromatic rings. The molecule has 4 aliphatic rings. The molecule has 0 nitrogen and oxygen atoms in total. The van der Waals surface area contributed by atoms with Gasteiger partial charge in [-0.25, -0.2) is 0 Å². The molecule has 0 spiro atoms. The molecule has 4 aliphatic carbocycles. The van der Waals surface area contributed by atoms with Crippen LogP contribution < -0.4 is 0 Å². The highest BCUT2D eigenvalue weighted by atomic mass is 14.5. The summed E-state index contributed by atoms with van der Waals surface area (Å²) in [4.78, 5) is 0. The van der Waals surface area contributed by atoms with E-state index < -0.39 is 0 Å². The van der Waals surface area contributed by atoms with Crippen molar-refractivity contribution in [1.82, 2.24) is 0 Å². The Bertz CT molecular complexity index is 320. The standard InChI is InChI=1S/C18H30/c1-18(11-10-14-5-3-7-17(14)18)12-15-9-8-13-4-2-6-16(13)15/h13-17H,2-12H2,1H3. The molecule has 0 aromatic heterocycles. The van der Waals surface area contributed by atoms with E-state index in [-0.39, 0.29) is 0 Å². The summed E-state index contributed by atoms with van der Waals surface area (Å²) in [6.07, 6.45) is 17.3. The van der Waals surface area contributed by atoms with Crippen molar-refractivity contribution < 1.29 is 0 Å². The Morgan fingerprint density at radius 2 is 1.67 bits per heavy atom. The maximum absolute atomic E-state index is 2.67. The van der Waals surface area contributed by atoms with E-state index in [1.165, 1.54) is 0 Å². The summed E-state index contributed by atoms with van der Waals surface area (Å²) in [5.41, 5.74) is 0.753. The van der Waals surface area contributed by atoms with E-state index in [0.29, 0.717) is 0 Å². The molecular formula is C18H30. The predicted molar refractivity (Wildman–Crippen MR) is 76.3 cm³/mol. The zero-order chi connectivity index (χ0) is 12.2. The zero-order valence-electron chi connectivity index (χ0n) is 12.2. The largest absolute Gasteiger partial charge is 0.0594 e. The van der Waals surface area contributed by atoms with Crippen molar-refractivity contribution in [3.63, 3.8) is 0 Å². The van der Waals surface area contributed by atoms with E-state index in [4.69, 9.17) is 0 Å². The van der Waals surface area contributed by atoms with E-state index in [1.54, 1.807) is 70.6 Å². The smallest absolute Gasteiger partial charge is 0.0292 e. The monoisotopic (exact) mass is 246 g/mol. The Balaban J connectivity index is 1.47. The Kier molecular flexibility index (Phi) is 2.79. The lowest BCUT2D eigenvalue weighted by molar-refractivity contribution is 0.140. The van der Waals surface area contributed by atoms with E-state index in [1.807, 2.05) is 0 Å². The molecular weight excluding hydrogens is 216 g/mol. The molecule has 0 amide bonds. The van der Waals surface area contributed by atoms with Gasteiger partial charge in [0.05, 0.1) is 0 Å². The molecule has 102 valence electrons. The first-order valence-electron chi connectivity index (χ1n) is 8.76. The minimum Gasteiger partial charge on any atom is -0.0594 e. The molecule has 0 N–H and O–H groups in total. The topological polar surface area (TPSA) is 0 Å². The maximum Gasteiger partial charge on any atom is -0.0292 e. The number of hydrogen-bond donors (Lipinski definition) is 0. The molecule has 0 radical (unpaired) electrons. The second-order valence-corrected chi connectivity index (χ2v) is 8.39. The highest BCUT2D eigenvalue weighted by Crippen LogP contribution is 2.60. The summed E-state index contributed by atoms with van der Waals surface area (Å²) in [6, 6.07) is 0. The number of hydrogen-bond acceptors (Lipinski definition) is 0. The first kappa shape index (κ1) is 11.8. The van der Waals surface area contributed by atoms with E-state index in [2.05, 4.69) is 6.92 Å². The van der Waals surface area contributed by atoms with Crippen LogP contribution >= 0.6 is 0 Å². The van der Waals surface area contributed by atoms with Crippen LogP contribution in [0.5, 0.6) is 0 Å². The van der Waals surface area contributed by atoms with Gasteiger partial charge in [-0.1, -0.05) is 32.6 Å². The van der Waals surface area contributed by atoms with Crippen LogP contribution in [0.3, 0.4) is 0 Å². The number of rotatable bonds is 2. The van der Waals surface area contributed by atoms with Crippen LogP contribution in [0.2, 0.25) is 0 Å². The van der Waals surface area contributed by atoms with Gasteiger partial charge in [-0.15, -0.1) is 0 Å². The summed E-state index contributed by atoms with van der Waals surface area (Å²) in [5, 5.41) is 0. The van der Waals surface area contributed by atoms with Crippen LogP contribution in [-0.2, 0) is 0 Å². The van der Waals surface area contributed by atoms with Gasteiger partial charge in [-0.2, -0.15) is 0 Å². The Labute approximate surface area is 113 Å². The van der Waals surface area contributed by atoms with Gasteiger partial charge in [0.2, 0.25) is 0 Å². The predicted octanol–water partition coefficient (Wildman–Crippen LogP) is 5.42. The molecule has 0 heterocycles. The zero-order valence-corrected chi connectivity index (χ0v) is 12.2. The van der Waals surface area contributed by atoms with Crippen molar-refractivity contribution >= 4 is 0 Å². The Morgan fingerprint density at radius 1 is 0.833 bits per heavy atom. The molecule has 0 saturated heterocycles. The average molecular weight is 246 g/mol. The third kappa shape index (κ3) is 1.70. The molecule has 6 unspecified atom stereocenters. The van der Waals surface area contributed by atoms with Crippen molar-refractivity contribution in [2.75, 3.05) is 0 Å². The molecule has 4 fully saturated rings. The highest BCUT2D eigenvalue weighted by Gasteiger charge is 2.50. The highest BCUT2D eigenvalue weighted by molar-refractivity contribution is 5.00. The SMILES string of the molecule is CC1(CC2CCC3CCCC32)CCC2CCCC21. The first-order valence-corrected chi connectivity index (χ1v) is 8.76. The van der Waals surface area contributed by atoms with Crippen LogP contribution in [0.25, 0.3) is 0 Å². The van der Waals surface area contributed by atoms with E-state index >= 15 is 0 Å². The molecule has 18 heavy (non-hydrogen) atoms. The summed E-state index contributed by atoms with van der Waals surface area (Å²) >= 11 is 0. The third-order valence-corrected chi connectivity index (χ3v) is 7.60. The fourth-order valence-corrected chi connectivity index (χ4v) is 6.79. The Morgan fingerprint density at radius 3 is 2.61 bits per heavy atom. The minimum atomic E-state index is 0.753. The molecule has 0 bridgehead atoms. The summed E-state index contributed by atoms with van der Waals surface area (Å²) in [6.45, 7) is 2.67. The maximum atomic E-state index is 2.67. The molecule has 0 aliphatic heterocycles. The molecule has 4 rings (SSSR count). The van der Waals surface area contributed by atoms with Gasteiger partial charge in [0.25, 0.3) is 0 Å². The third-order valence-electron chi connectivity index (χ3n) is 7.60. The quantitative estimate of drug-likeness (QED) is 0.610. The Hall–Kier alpha value is 0. The van der Waals surface area contributed by atoms with Crippen molar-refractivity contribution in [2.24, 2.45) is 35.0 Å². The fraction of sp³-hybridized carbons (Fsp3) is 1.00.